The molecule has 0 aliphatic carbocycles. The van der Waals surface area contributed by atoms with E-state index >= 15 is 0 Å². The Balaban J connectivity index is 2.31. The van der Waals surface area contributed by atoms with Crippen molar-refractivity contribution >= 4 is 5.97 Å². The number of aliphatic carboxylic acids is 1. The third kappa shape index (κ3) is 4.40. The molecule has 2 N–H and O–H groups in total. The normalized spacial score (nSPS) is 12.3. The van der Waals surface area contributed by atoms with Crippen LogP contribution in [0.15, 0.2) is 24.4 Å². The molecule has 4 heteroatoms. The van der Waals surface area contributed by atoms with Gasteiger partial charge in [-0.3, -0.25) is 9.78 Å². The molecule has 0 bridgehead atoms. The Kier molecular flexibility index (Phi) is 5.50. The van der Waals surface area contributed by atoms with Crippen molar-refractivity contribution in [1.29, 1.82) is 0 Å². The van der Waals surface area contributed by atoms with E-state index in [1.54, 1.807) is 6.20 Å². The molecule has 0 saturated carbocycles. The summed E-state index contributed by atoms with van der Waals surface area (Å²) < 4.78 is 0. The van der Waals surface area contributed by atoms with Crippen LogP contribution >= 0.6 is 0 Å². The van der Waals surface area contributed by atoms with E-state index in [2.05, 4.69) is 10.3 Å². The monoisotopic (exact) mass is 222 g/mol. The Hall–Kier alpha value is -1.42. The number of hydrogen-bond donors (Lipinski definition) is 2. The number of nitrogens with one attached hydrogen (secondary N) is 1. The largest absolute Gasteiger partial charge is 0.480 e. The summed E-state index contributed by atoms with van der Waals surface area (Å²) in [6, 6.07) is 5.31. The highest BCUT2D eigenvalue weighted by molar-refractivity contribution is 5.73. The van der Waals surface area contributed by atoms with Crippen molar-refractivity contribution in [2.45, 2.75) is 32.2 Å². The molecular formula is C12H18N2O2. The van der Waals surface area contributed by atoms with E-state index in [9.17, 15) is 4.79 Å². The van der Waals surface area contributed by atoms with E-state index in [4.69, 9.17) is 5.11 Å². The average Bonchev–Trinajstić information content (AvgIpc) is 2.29. The highest BCUT2D eigenvalue weighted by Crippen LogP contribution is 1.98. The van der Waals surface area contributed by atoms with Gasteiger partial charge in [0.15, 0.2) is 0 Å². The van der Waals surface area contributed by atoms with Crippen LogP contribution in [-0.2, 0) is 11.2 Å². The van der Waals surface area contributed by atoms with Crippen LogP contribution in [0.2, 0.25) is 0 Å². The van der Waals surface area contributed by atoms with Crippen molar-refractivity contribution in [3.05, 3.63) is 30.1 Å². The lowest BCUT2D eigenvalue weighted by molar-refractivity contribution is -0.139. The average molecular weight is 222 g/mol. The lowest BCUT2D eigenvalue weighted by Crippen LogP contribution is -2.37. The van der Waals surface area contributed by atoms with Gasteiger partial charge in [0.25, 0.3) is 0 Å². The van der Waals surface area contributed by atoms with Gasteiger partial charge in [0.2, 0.25) is 0 Å². The quantitative estimate of drug-likeness (QED) is 0.733. The molecule has 1 aromatic rings. The van der Waals surface area contributed by atoms with Crippen LogP contribution in [0, 0.1) is 0 Å². The summed E-state index contributed by atoms with van der Waals surface area (Å²) in [4.78, 5) is 15.0. The fourth-order valence-corrected chi connectivity index (χ4v) is 1.52. The molecule has 4 nitrogen and oxygen atoms in total. The van der Waals surface area contributed by atoms with Crippen LogP contribution in [-0.4, -0.2) is 28.6 Å². The molecule has 0 aliphatic heterocycles. The first kappa shape index (κ1) is 12.6. The maximum absolute atomic E-state index is 10.9. The van der Waals surface area contributed by atoms with E-state index in [1.165, 1.54) is 0 Å². The minimum atomic E-state index is -0.775. The molecule has 1 aromatic heterocycles. The van der Waals surface area contributed by atoms with Crippen molar-refractivity contribution in [3.63, 3.8) is 0 Å². The fourth-order valence-electron chi connectivity index (χ4n) is 1.52. The van der Waals surface area contributed by atoms with Crippen LogP contribution in [0.25, 0.3) is 0 Å². The molecule has 0 saturated heterocycles. The molecule has 16 heavy (non-hydrogen) atoms. The number of aromatic nitrogens is 1. The molecule has 0 aliphatic rings. The Morgan fingerprint density at radius 3 is 2.94 bits per heavy atom. The maximum atomic E-state index is 10.9. The Morgan fingerprint density at radius 1 is 1.56 bits per heavy atom. The van der Waals surface area contributed by atoms with E-state index < -0.39 is 12.0 Å². The standard InChI is InChI=1S/C12H18N2O2/c1-2-5-11(12(15)16)14-9-7-10-6-3-4-8-13-10/h3-4,6,8,11,14H,2,5,7,9H2,1H3,(H,15,16). The summed E-state index contributed by atoms with van der Waals surface area (Å²) in [5, 5.41) is 12.0. The van der Waals surface area contributed by atoms with Gasteiger partial charge >= 0.3 is 5.97 Å². The second-order valence-corrected chi connectivity index (χ2v) is 3.70. The number of pyridine rings is 1. The summed E-state index contributed by atoms with van der Waals surface area (Å²) in [6.45, 7) is 2.63. The van der Waals surface area contributed by atoms with Gasteiger partial charge in [-0.1, -0.05) is 19.4 Å². The zero-order valence-electron chi connectivity index (χ0n) is 9.52. The summed E-state index contributed by atoms with van der Waals surface area (Å²) in [7, 11) is 0. The number of carboxylic acid groups (broad SMARTS) is 1. The second-order valence-electron chi connectivity index (χ2n) is 3.70. The molecule has 0 spiro atoms. The van der Waals surface area contributed by atoms with Crippen molar-refractivity contribution in [2.75, 3.05) is 6.54 Å². The minimum Gasteiger partial charge on any atom is -0.480 e. The number of hydrogen-bond acceptors (Lipinski definition) is 3. The van der Waals surface area contributed by atoms with Gasteiger partial charge < -0.3 is 10.4 Å². The van der Waals surface area contributed by atoms with Gasteiger partial charge in [0.05, 0.1) is 0 Å². The zero-order chi connectivity index (χ0) is 11.8. The van der Waals surface area contributed by atoms with Crippen molar-refractivity contribution in [3.8, 4) is 0 Å². The molecule has 0 aromatic carbocycles. The van der Waals surface area contributed by atoms with Crippen molar-refractivity contribution < 1.29 is 9.90 Å². The Morgan fingerprint density at radius 2 is 2.38 bits per heavy atom. The number of nitrogens with zero attached hydrogens (tertiary/aromatic N) is 1. The van der Waals surface area contributed by atoms with Gasteiger partial charge in [0, 0.05) is 24.9 Å². The third-order valence-electron chi connectivity index (χ3n) is 2.37. The molecule has 0 fully saturated rings. The highest BCUT2D eigenvalue weighted by atomic mass is 16.4. The first-order chi connectivity index (χ1) is 7.74. The van der Waals surface area contributed by atoms with E-state index in [0.717, 1.165) is 18.5 Å². The lowest BCUT2D eigenvalue weighted by Gasteiger charge is -2.12. The molecule has 1 atom stereocenters. The molecule has 1 unspecified atom stereocenters. The topological polar surface area (TPSA) is 62.2 Å². The van der Waals surface area contributed by atoms with E-state index in [-0.39, 0.29) is 0 Å². The van der Waals surface area contributed by atoms with Crippen LogP contribution < -0.4 is 5.32 Å². The van der Waals surface area contributed by atoms with Gasteiger partial charge in [-0.25, -0.2) is 0 Å². The fraction of sp³-hybridized carbons (Fsp3) is 0.500. The van der Waals surface area contributed by atoms with Crippen LogP contribution in [0.1, 0.15) is 25.5 Å². The predicted octanol–water partition coefficient (Wildman–Crippen LogP) is 1.47. The zero-order valence-corrected chi connectivity index (χ0v) is 9.52. The predicted molar refractivity (Wildman–Crippen MR) is 62.3 cm³/mol. The lowest BCUT2D eigenvalue weighted by atomic mass is 10.1. The van der Waals surface area contributed by atoms with Crippen LogP contribution in [0.5, 0.6) is 0 Å². The van der Waals surface area contributed by atoms with Gasteiger partial charge in [-0.05, 0) is 18.6 Å². The molecule has 1 rings (SSSR count). The van der Waals surface area contributed by atoms with E-state index in [0.29, 0.717) is 13.0 Å². The third-order valence-corrected chi connectivity index (χ3v) is 2.37. The van der Waals surface area contributed by atoms with Crippen molar-refractivity contribution in [2.24, 2.45) is 0 Å². The molecule has 0 radical (unpaired) electrons. The molecular weight excluding hydrogens is 204 g/mol. The van der Waals surface area contributed by atoms with Crippen LogP contribution in [0.3, 0.4) is 0 Å². The number of carbonyl (C=O) groups is 1. The van der Waals surface area contributed by atoms with Gasteiger partial charge in [-0.2, -0.15) is 0 Å². The summed E-state index contributed by atoms with van der Waals surface area (Å²) in [5.74, 6) is -0.775. The minimum absolute atomic E-state index is 0.436. The summed E-state index contributed by atoms with van der Waals surface area (Å²) in [6.07, 6.45) is 4.04. The Labute approximate surface area is 95.7 Å². The second kappa shape index (κ2) is 6.95. The molecule has 1 heterocycles. The maximum Gasteiger partial charge on any atom is 0.320 e. The highest BCUT2D eigenvalue weighted by Gasteiger charge is 2.14. The smallest absolute Gasteiger partial charge is 0.320 e. The first-order valence-corrected chi connectivity index (χ1v) is 5.60. The number of carboxylic acids is 1. The molecule has 88 valence electrons. The van der Waals surface area contributed by atoms with Crippen LogP contribution in [0.4, 0.5) is 0 Å². The summed E-state index contributed by atoms with van der Waals surface area (Å²) >= 11 is 0. The first-order valence-electron chi connectivity index (χ1n) is 5.60. The van der Waals surface area contributed by atoms with Gasteiger partial charge in [-0.15, -0.1) is 0 Å². The molecule has 0 amide bonds. The number of rotatable bonds is 7. The Bertz CT molecular complexity index is 314. The van der Waals surface area contributed by atoms with Gasteiger partial charge in [0.1, 0.15) is 6.04 Å². The summed E-state index contributed by atoms with van der Waals surface area (Å²) in [5.41, 5.74) is 0.982. The van der Waals surface area contributed by atoms with Crippen molar-refractivity contribution in [1.82, 2.24) is 10.3 Å². The SMILES string of the molecule is CCCC(NCCc1ccccn1)C(=O)O. The van der Waals surface area contributed by atoms with E-state index in [1.807, 2.05) is 25.1 Å².